The molecule has 1 saturated heterocycles. The van der Waals surface area contributed by atoms with Crippen LogP contribution in [0.25, 0.3) is 0 Å². The normalized spacial score (nSPS) is 14.4. The molecule has 13 heteroatoms. The van der Waals surface area contributed by atoms with Gasteiger partial charge in [0.05, 0.1) is 6.54 Å². The monoisotopic (exact) mass is 661 g/mol. The maximum Gasteiger partial charge on any atom is 0.302 e. The summed E-state index contributed by atoms with van der Waals surface area (Å²) in [6.07, 6.45) is 0. The number of hydrogen-bond acceptors (Lipinski definition) is 7. The third-order valence-electron chi connectivity index (χ3n) is 6.01. The van der Waals surface area contributed by atoms with E-state index in [1.54, 1.807) is 4.90 Å². The van der Waals surface area contributed by atoms with Crippen molar-refractivity contribution < 1.29 is 9.59 Å². The number of nitrogens with zero attached hydrogens (tertiary/aromatic N) is 5. The molecule has 0 aliphatic carbocycles. The molecule has 11 nitrogen and oxygen atoms in total. The number of guanidine groups is 1. The summed E-state index contributed by atoms with van der Waals surface area (Å²) in [6, 6.07) is 18.0. The summed E-state index contributed by atoms with van der Waals surface area (Å²) in [5.41, 5.74) is 13.8. The SMILES string of the molecule is N/C(=N\C(=O)c1nc(Cl)c(NCc2ccc(I)cc2)nc1N)NCCN1CCN(Cc2ccccc2)CC1=O. The molecule has 2 aromatic carbocycles. The fourth-order valence-electron chi connectivity index (χ4n) is 3.98. The van der Waals surface area contributed by atoms with Crippen molar-refractivity contribution in [2.45, 2.75) is 13.1 Å². The van der Waals surface area contributed by atoms with Gasteiger partial charge in [-0.15, -0.1) is 0 Å². The van der Waals surface area contributed by atoms with Crippen LogP contribution in [0.5, 0.6) is 0 Å². The summed E-state index contributed by atoms with van der Waals surface area (Å²) in [7, 11) is 0. The Morgan fingerprint density at radius 3 is 2.54 bits per heavy atom. The molecule has 2 amide bonds. The standard InChI is InChI=1S/C26H29ClIN9O2/c27-22-24(32-14-17-6-8-19(28)9-7-17)34-23(29)21(33-22)25(39)35-26(30)31-10-11-37-13-12-36(16-20(37)38)15-18-4-2-1-3-5-18/h1-9H,10-16H2,(H3,29,32,34)(H3,30,31,35,39). The quantitative estimate of drug-likeness (QED) is 0.154. The zero-order chi connectivity index (χ0) is 27.8. The molecule has 0 radical (unpaired) electrons. The molecule has 0 bridgehead atoms. The number of nitrogen functional groups attached to an aromatic ring is 1. The molecular weight excluding hydrogens is 633 g/mol. The van der Waals surface area contributed by atoms with Crippen LogP contribution in [0.2, 0.25) is 5.15 Å². The molecule has 1 aliphatic heterocycles. The summed E-state index contributed by atoms with van der Waals surface area (Å²) in [5, 5.41) is 5.91. The predicted octanol–water partition coefficient (Wildman–Crippen LogP) is 2.32. The van der Waals surface area contributed by atoms with Gasteiger partial charge in [-0.1, -0.05) is 54.1 Å². The van der Waals surface area contributed by atoms with Crippen molar-refractivity contribution >= 4 is 63.6 Å². The molecule has 204 valence electrons. The number of nitrogens with one attached hydrogen (secondary N) is 2. The fourth-order valence-corrected chi connectivity index (χ4v) is 4.53. The van der Waals surface area contributed by atoms with Crippen LogP contribution < -0.4 is 22.1 Å². The second-order valence-corrected chi connectivity index (χ2v) is 10.5. The number of nitrogens with two attached hydrogens (primary N) is 2. The van der Waals surface area contributed by atoms with E-state index >= 15 is 0 Å². The maximum absolute atomic E-state index is 12.6. The van der Waals surface area contributed by atoms with Crippen molar-refractivity contribution in [2.24, 2.45) is 10.7 Å². The van der Waals surface area contributed by atoms with Gasteiger partial charge in [0.25, 0.3) is 0 Å². The first-order chi connectivity index (χ1) is 18.8. The Bertz CT molecular complexity index is 1340. The Hall–Kier alpha value is -3.49. The molecule has 39 heavy (non-hydrogen) atoms. The molecule has 1 aromatic heterocycles. The molecule has 1 fully saturated rings. The van der Waals surface area contributed by atoms with E-state index in [-0.39, 0.29) is 34.3 Å². The van der Waals surface area contributed by atoms with E-state index in [1.165, 1.54) is 5.56 Å². The number of anilines is 2. The van der Waals surface area contributed by atoms with E-state index in [1.807, 2.05) is 42.5 Å². The van der Waals surface area contributed by atoms with Crippen LogP contribution in [0.15, 0.2) is 59.6 Å². The maximum atomic E-state index is 12.6. The molecule has 0 saturated carbocycles. The van der Waals surface area contributed by atoms with Crippen LogP contribution in [0.3, 0.4) is 0 Å². The Balaban J connectivity index is 1.25. The average Bonchev–Trinajstić information content (AvgIpc) is 2.91. The zero-order valence-electron chi connectivity index (χ0n) is 21.1. The number of halogens is 2. The highest BCUT2D eigenvalue weighted by molar-refractivity contribution is 14.1. The van der Waals surface area contributed by atoms with Crippen LogP contribution in [0.4, 0.5) is 11.6 Å². The minimum Gasteiger partial charge on any atom is -0.382 e. The lowest BCUT2D eigenvalue weighted by molar-refractivity contribution is -0.136. The minimum atomic E-state index is -0.776. The number of aromatic nitrogens is 2. The first kappa shape index (κ1) is 28.5. The van der Waals surface area contributed by atoms with Crippen LogP contribution in [-0.4, -0.2) is 70.3 Å². The van der Waals surface area contributed by atoms with Gasteiger partial charge in [-0.3, -0.25) is 14.5 Å². The van der Waals surface area contributed by atoms with E-state index < -0.39 is 5.91 Å². The van der Waals surface area contributed by atoms with Gasteiger partial charge < -0.3 is 27.0 Å². The van der Waals surface area contributed by atoms with Gasteiger partial charge in [-0.2, -0.15) is 4.99 Å². The average molecular weight is 662 g/mol. The third-order valence-corrected chi connectivity index (χ3v) is 7.00. The number of aliphatic imine (C=N–C) groups is 1. The lowest BCUT2D eigenvalue weighted by Gasteiger charge is -2.34. The van der Waals surface area contributed by atoms with Crippen LogP contribution >= 0.6 is 34.2 Å². The van der Waals surface area contributed by atoms with Gasteiger partial charge in [-0.25, -0.2) is 9.97 Å². The van der Waals surface area contributed by atoms with Crippen molar-refractivity contribution in [3.8, 4) is 0 Å². The topological polar surface area (TPSA) is 155 Å². The molecule has 0 spiro atoms. The van der Waals surface area contributed by atoms with Crippen LogP contribution in [0.1, 0.15) is 21.6 Å². The van der Waals surface area contributed by atoms with Gasteiger partial charge in [-0.05, 0) is 45.9 Å². The van der Waals surface area contributed by atoms with Crippen LogP contribution in [0, 0.1) is 3.57 Å². The summed E-state index contributed by atoms with van der Waals surface area (Å²) in [6.45, 7) is 3.69. The number of rotatable bonds is 9. The van der Waals surface area contributed by atoms with Gasteiger partial charge in [0.15, 0.2) is 28.4 Å². The molecule has 0 unspecified atom stereocenters. The highest BCUT2D eigenvalue weighted by Crippen LogP contribution is 2.22. The first-order valence-corrected chi connectivity index (χ1v) is 13.7. The number of carbonyl (C=O) groups is 2. The molecule has 1 aliphatic rings. The van der Waals surface area contributed by atoms with Crippen molar-refractivity contribution in [3.63, 3.8) is 0 Å². The van der Waals surface area contributed by atoms with Crippen molar-refractivity contribution in [1.29, 1.82) is 0 Å². The molecule has 4 rings (SSSR count). The number of amides is 2. The number of benzene rings is 2. The van der Waals surface area contributed by atoms with Gasteiger partial charge in [0.2, 0.25) is 5.91 Å². The second-order valence-electron chi connectivity index (χ2n) is 8.88. The van der Waals surface area contributed by atoms with Crippen molar-refractivity contribution in [1.82, 2.24) is 25.1 Å². The second kappa shape index (κ2) is 13.5. The molecule has 0 atom stereocenters. The number of hydrogen-bond donors (Lipinski definition) is 4. The Kier molecular flexibility index (Phi) is 9.90. The number of piperazine rings is 1. The van der Waals surface area contributed by atoms with Crippen molar-refractivity contribution in [2.75, 3.05) is 43.8 Å². The smallest absolute Gasteiger partial charge is 0.302 e. The molecule has 3 aromatic rings. The Labute approximate surface area is 245 Å². The van der Waals surface area contributed by atoms with Gasteiger partial charge in [0.1, 0.15) is 0 Å². The van der Waals surface area contributed by atoms with E-state index in [2.05, 4.69) is 65.2 Å². The predicted molar refractivity (Wildman–Crippen MR) is 160 cm³/mol. The zero-order valence-corrected chi connectivity index (χ0v) is 24.0. The highest BCUT2D eigenvalue weighted by atomic mass is 127. The summed E-state index contributed by atoms with van der Waals surface area (Å²) >= 11 is 8.46. The first-order valence-electron chi connectivity index (χ1n) is 12.3. The van der Waals surface area contributed by atoms with Crippen molar-refractivity contribution in [3.05, 3.63) is 80.1 Å². The largest absolute Gasteiger partial charge is 0.382 e. The third kappa shape index (κ3) is 8.25. The Morgan fingerprint density at radius 1 is 1.08 bits per heavy atom. The van der Waals surface area contributed by atoms with E-state index in [0.717, 1.165) is 22.2 Å². The van der Waals surface area contributed by atoms with E-state index in [4.69, 9.17) is 23.1 Å². The lowest BCUT2D eigenvalue weighted by atomic mass is 10.2. The van der Waals surface area contributed by atoms with Gasteiger partial charge in [0, 0.05) is 42.8 Å². The van der Waals surface area contributed by atoms with Gasteiger partial charge >= 0.3 is 5.91 Å². The summed E-state index contributed by atoms with van der Waals surface area (Å²) < 4.78 is 1.13. The minimum absolute atomic E-state index is 0.00953. The highest BCUT2D eigenvalue weighted by Gasteiger charge is 2.23. The lowest BCUT2D eigenvalue weighted by Crippen LogP contribution is -2.52. The van der Waals surface area contributed by atoms with E-state index in [9.17, 15) is 9.59 Å². The Morgan fingerprint density at radius 2 is 1.82 bits per heavy atom. The number of carbonyl (C=O) groups excluding carboxylic acids is 2. The summed E-state index contributed by atoms with van der Waals surface area (Å²) in [4.78, 5) is 41.1. The molecule has 6 N–H and O–H groups in total. The molecule has 2 heterocycles. The fraction of sp³-hybridized carbons (Fsp3) is 0.269. The van der Waals surface area contributed by atoms with E-state index in [0.29, 0.717) is 32.7 Å². The summed E-state index contributed by atoms with van der Waals surface area (Å²) in [5.74, 6) is -0.716. The van der Waals surface area contributed by atoms with Crippen LogP contribution in [-0.2, 0) is 17.9 Å². The molecular formula is C26H29ClIN9O2.